The maximum absolute atomic E-state index is 10.4. The van der Waals surface area contributed by atoms with Crippen molar-refractivity contribution in [3.8, 4) is 0 Å². The van der Waals surface area contributed by atoms with Crippen LogP contribution in [0.15, 0.2) is 5.16 Å². The van der Waals surface area contributed by atoms with Crippen LogP contribution in [0.1, 0.15) is 71.1 Å². The quantitative estimate of drug-likeness (QED) is 0.605. The van der Waals surface area contributed by atoms with Crippen LogP contribution in [-0.4, -0.2) is 22.9 Å². The van der Waals surface area contributed by atoms with Gasteiger partial charge in [-0.25, -0.2) is 0 Å². The molecule has 18 heavy (non-hydrogen) atoms. The number of carboxylic acid groups (broad SMARTS) is 1. The molecule has 1 aliphatic heterocycles. The van der Waals surface area contributed by atoms with E-state index >= 15 is 0 Å². The Kier molecular flexibility index (Phi) is 7.46. The Morgan fingerprint density at radius 3 is 2.78 bits per heavy atom. The second kappa shape index (κ2) is 8.95. The molecule has 104 valence electrons. The van der Waals surface area contributed by atoms with E-state index in [2.05, 4.69) is 12.1 Å². The highest BCUT2D eigenvalue weighted by molar-refractivity contribution is 5.87. The van der Waals surface area contributed by atoms with Crippen molar-refractivity contribution in [2.75, 3.05) is 0 Å². The third-order valence-corrected chi connectivity index (χ3v) is 3.30. The first-order valence-corrected chi connectivity index (χ1v) is 7.15. The lowest BCUT2D eigenvalue weighted by Crippen LogP contribution is -2.08. The molecular weight excluding hydrogens is 230 g/mol. The number of hydrogen-bond acceptors (Lipinski definition) is 3. The van der Waals surface area contributed by atoms with Gasteiger partial charge in [-0.05, 0) is 19.3 Å². The van der Waals surface area contributed by atoms with Crippen LogP contribution in [0.3, 0.4) is 0 Å². The van der Waals surface area contributed by atoms with Crippen molar-refractivity contribution in [3.63, 3.8) is 0 Å². The molecule has 0 aliphatic carbocycles. The molecule has 0 saturated carbocycles. The van der Waals surface area contributed by atoms with E-state index in [9.17, 15) is 4.79 Å². The number of hydrogen-bond donors (Lipinski definition) is 1. The first-order valence-electron chi connectivity index (χ1n) is 7.15. The van der Waals surface area contributed by atoms with E-state index in [1.165, 1.54) is 38.5 Å². The lowest BCUT2D eigenvalue weighted by molar-refractivity contribution is -0.136. The van der Waals surface area contributed by atoms with Gasteiger partial charge in [0.2, 0.25) is 0 Å². The second-order valence-corrected chi connectivity index (χ2v) is 5.04. The fourth-order valence-corrected chi connectivity index (χ4v) is 2.19. The van der Waals surface area contributed by atoms with Crippen LogP contribution in [0, 0.1) is 0 Å². The van der Waals surface area contributed by atoms with Crippen molar-refractivity contribution < 1.29 is 14.7 Å². The van der Waals surface area contributed by atoms with Crippen LogP contribution in [0.4, 0.5) is 0 Å². The van der Waals surface area contributed by atoms with E-state index in [0.717, 1.165) is 18.6 Å². The molecule has 0 fully saturated rings. The minimum Gasteiger partial charge on any atom is -0.481 e. The highest BCUT2D eigenvalue weighted by Gasteiger charge is 2.20. The fourth-order valence-electron chi connectivity index (χ4n) is 2.19. The van der Waals surface area contributed by atoms with Gasteiger partial charge in [0.25, 0.3) is 0 Å². The number of nitrogens with zero attached hydrogens (tertiary/aromatic N) is 1. The smallest absolute Gasteiger partial charge is 0.303 e. The second-order valence-electron chi connectivity index (χ2n) is 5.04. The number of unbranched alkanes of at least 4 members (excludes halogenated alkanes) is 5. The number of carboxylic acids is 1. The molecule has 0 aromatic heterocycles. The van der Waals surface area contributed by atoms with Crippen LogP contribution in [0.2, 0.25) is 0 Å². The number of rotatable bonds is 10. The zero-order valence-corrected chi connectivity index (χ0v) is 11.4. The molecule has 1 rings (SSSR count). The molecule has 0 spiro atoms. The molecule has 4 nitrogen and oxygen atoms in total. The molecule has 0 radical (unpaired) electrons. The van der Waals surface area contributed by atoms with Gasteiger partial charge in [0.15, 0.2) is 0 Å². The van der Waals surface area contributed by atoms with E-state index in [0.29, 0.717) is 6.42 Å². The Labute approximate surface area is 109 Å². The van der Waals surface area contributed by atoms with E-state index in [4.69, 9.17) is 9.94 Å². The van der Waals surface area contributed by atoms with Gasteiger partial charge in [-0.1, -0.05) is 44.2 Å². The molecular formula is C14H25NO3. The Morgan fingerprint density at radius 1 is 1.33 bits per heavy atom. The lowest BCUT2D eigenvalue weighted by Gasteiger charge is -2.07. The monoisotopic (exact) mass is 255 g/mol. The zero-order chi connectivity index (χ0) is 13.2. The van der Waals surface area contributed by atoms with Gasteiger partial charge < -0.3 is 9.94 Å². The van der Waals surface area contributed by atoms with Gasteiger partial charge in [0, 0.05) is 6.42 Å². The van der Waals surface area contributed by atoms with Crippen molar-refractivity contribution in [2.24, 2.45) is 5.16 Å². The van der Waals surface area contributed by atoms with Gasteiger partial charge in [0.05, 0.1) is 12.1 Å². The SMILES string of the molecule is CCCCCCCCC1CC(CCC(=O)O)=NO1. The molecule has 1 N–H and O–H groups in total. The molecule has 1 aliphatic rings. The summed E-state index contributed by atoms with van der Waals surface area (Å²) < 4.78 is 0. The average molecular weight is 255 g/mol. The third-order valence-electron chi connectivity index (χ3n) is 3.30. The van der Waals surface area contributed by atoms with E-state index in [1.807, 2.05) is 0 Å². The first kappa shape index (κ1) is 15.0. The van der Waals surface area contributed by atoms with Crippen molar-refractivity contribution in [2.45, 2.75) is 77.2 Å². The maximum Gasteiger partial charge on any atom is 0.303 e. The standard InChI is InChI=1S/C14H25NO3/c1-2-3-4-5-6-7-8-13-11-12(15-18-13)9-10-14(16)17/h13H,2-11H2,1H3,(H,16,17). The average Bonchev–Trinajstić information content (AvgIpc) is 2.79. The Bertz CT molecular complexity index is 276. The maximum atomic E-state index is 10.4. The molecule has 1 atom stereocenters. The topological polar surface area (TPSA) is 58.9 Å². The summed E-state index contributed by atoms with van der Waals surface area (Å²) in [5.74, 6) is -0.767. The number of oxime groups is 1. The summed E-state index contributed by atoms with van der Waals surface area (Å²) in [6.07, 6.45) is 10.5. The summed E-state index contributed by atoms with van der Waals surface area (Å²) in [4.78, 5) is 15.8. The highest BCUT2D eigenvalue weighted by atomic mass is 16.6. The first-order chi connectivity index (χ1) is 8.72. The predicted octanol–water partition coefficient (Wildman–Crippen LogP) is 3.75. The van der Waals surface area contributed by atoms with Gasteiger partial charge >= 0.3 is 5.97 Å². The Balaban J connectivity index is 1.98. The van der Waals surface area contributed by atoms with Crippen molar-refractivity contribution in [3.05, 3.63) is 0 Å². The minimum absolute atomic E-state index is 0.159. The zero-order valence-electron chi connectivity index (χ0n) is 11.4. The molecule has 4 heteroatoms. The van der Waals surface area contributed by atoms with E-state index < -0.39 is 5.97 Å². The number of aliphatic carboxylic acids is 1. The summed E-state index contributed by atoms with van der Waals surface area (Å²) in [7, 11) is 0. The van der Waals surface area contributed by atoms with Crippen LogP contribution in [0.5, 0.6) is 0 Å². The van der Waals surface area contributed by atoms with Gasteiger partial charge in [-0.15, -0.1) is 0 Å². The number of carbonyl (C=O) groups is 1. The van der Waals surface area contributed by atoms with E-state index in [-0.39, 0.29) is 12.5 Å². The molecule has 0 amide bonds. The summed E-state index contributed by atoms with van der Waals surface area (Å²) >= 11 is 0. The molecule has 0 aromatic rings. The van der Waals surface area contributed by atoms with Crippen LogP contribution in [0.25, 0.3) is 0 Å². The molecule has 1 heterocycles. The third kappa shape index (κ3) is 6.62. The van der Waals surface area contributed by atoms with Gasteiger partial charge in [-0.2, -0.15) is 0 Å². The van der Waals surface area contributed by atoms with Crippen LogP contribution < -0.4 is 0 Å². The minimum atomic E-state index is -0.767. The molecule has 0 bridgehead atoms. The van der Waals surface area contributed by atoms with Gasteiger partial charge in [-0.3, -0.25) is 4.79 Å². The summed E-state index contributed by atoms with van der Waals surface area (Å²) in [6.45, 7) is 2.22. The van der Waals surface area contributed by atoms with E-state index in [1.54, 1.807) is 0 Å². The summed E-state index contributed by atoms with van der Waals surface area (Å²) in [5.41, 5.74) is 0.911. The molecule has 0 saturated heterocycles. The molecule has 1 unspecified atom stereocenters. The molecule has 0 aromatic carbocycles. The fraction of sp³-hybridized carbons (Fsp3) is 0.857. The highest BCUT2D eigenvalue weighted by Crippen LogP contribution is 2.19. The van der Waals surface area contributed by atoms with Crippen LogP contribution >= 0.6 is 0 Å². The summed E-state index contributed by atoms with van der Waals surface area (Å²) in [5, 5.41) is 12.6. The normalized spacial score (nSPS) is 18.5. The van der Waals surface area contributed by atoms with Crippen molar-refractivity contribution in [1.29, 1.82) is 0 Å². The van der Waals surface area contributed by atoms with Crippen molar-refractivity contribution in [1.82, 2.24) is 0 Å². The Morgan fingerprint density at radius 2 is 2.06 bits per heavy atom. The summed E-state index contributed by atoms with van der Waals surface area (Å²) in [6, 6.07) is 0. The van der Waals surface area contributed by atoms with Gasteiger partial charge in [0.1, 0.15) is 6.10 Å². The Hall–Kier alpha value is -1.06. The van der Waals surface area contributed by atoms with Crippen molar-refractivity contribution >= 4 is 11.7 Å². The predicted molar refractivity (Wildman–Crippen MR) is 71.8 cm³/mol. The lowest BCUT2D eigenvalue weighted by atomic mass is 10.0. The van der Waals surface area contributed by atoms with Crippen LogP contribution in [-0.2, 0) is 9.63 Å². The largest absolute Gasteiger partial charge is 0.481 e.